The number of esters is 1. The number of aryl methyl sites for hydroxylation is 1. The average molecular weight is 307 g/mol. The summed E-state index contributed by atoms with van der Waals surface area (Å²) < 4.78 is 10.3. The van der Waals surface area contributed by atoms with Crippen molar-refractivity contribution in [3.8, 4) is 5.75 Å². The van der Waals surface area contributed by atoms with Gasteiger partial charge in [0, 0.05) is 6.42 Å². The normalized spacial score (nSPS) is 15.4. The number of carbonyl (C=O) groups excluding carboxylic acids is 1. The van der Waals surface area contributed by atoms with Crippen LogP contribution in [0.15, 0.2) is 65.3 Å². The Morgan fingerprint density at radius 1 is 1.04 bits per heavy atom. The molecule has 1 aliphatic rings. The molecule has 4 heteroatoms. The maximum Gasteiger partial charge on any atom is 0.363 e. The lowest BCUT2D eigenvalue weighted by Crippen LogP contribution is -2.05. The molecular weight excluding hydrogens is 290 g/mol. The van der Waals surface area contributed by atoms with Crippen molar-refractivity contribution in [2.75, 3.05) is 7.11 Å². The highest BCUT2D eigenvalue weighted by Gasteiger charge is 2.22. The maximum atomic E-state index is 11.9. The molecule has 3 rings (SSSR count). The van der Waals surface area contributed by atoms with E-state index in [1.807, 2.05) is 54.6 Å². The van der Waals surface area contributed by atoms with Gasteiger partial charge in [-0.3, -0.25) is 0 Å². The molecule has 0 fully saturated rings. The largest absolute Gasteiger partial charge is 0.497 e. The lowest BCUT2D eigenvalue weighted by Gasteiger charge is -1.99. The minimum absolute atomic E-state index is 0.332. The van der Waals surface area contributed by atoms with Crippen LogP contribution in [0.2, 0.25) is 0 Å². The van der Waals surface area contributed by atoms with E-state index in [1.165, 1.54) is 5.56 Å². The molecule has 0 bridgehead atoms. The van der Waals surface area contributed by atoms with E-state index in [0.717, 1.165) is 17.7 Å². The number of hydrogen-bond acceptors (Lipinski definition) is 4. The third-order valence-electron chi connectivity index (χ3n) is 3.55. The van der Waals surface area contributed by atoms with Gasteiger partial charge in [0.15, 0.2) is 11.6 Å². The molecule has 0 aromatic heterocycles. The minimum Gasteiger partial charge on any atom is -0.497 e. The molecule has 0 saturated carbocycles. The van der Waals surface area contributed by atoms with Crippen molar-refractivity contribution in [2.24, 2.45) is 4.99 Å². The monoisotopic (exact) mass is 307 g/mol. The fourth-order valence-electron chi connectivity index (χ4n) is 2.31. The van der Waals surface area contributed by atoms with Crippen molar-refractivity contribution in [1.29, 1.82) is 0 Å². The Kier molecular flexibility index (Phi) is 4.52. The number of methoxy groups -OCH3 is 1. The molecule has 0 radical (unpaired) electrons. The third-order valence-corrected chi connectivity index (χ3v) is 3.55. The molecule has 0 spiro atoms. The highest BCUT2D eigenvalue weighted by atomic mass is 16.6. The van der Waals surface area contributed by atoms with Crippen molar-refractivity contribution in [1.82, 2.24) is 0 Å². The summed E-state index contributed by atoms with van der Waals surface area (Å²) in [6.07, 6.45) is 3.12. The van der Waals surface area contributed by atoms with Gasteiger partial charge in [-0.25, -0.2) is 9.79 Å². The second-order valence-electron chi connectivity index (χ2n) is 5.18. The van der Waals surface area contributed by atoms with E-state index >= 15 is 0 Å². The number of cyclic esters (lactones) is 1. The van der Waals surface area contributed by atoms with Crippen LogP contribution in [0.4, 0.5) is 0 Å². The molecule has 0 amide bonds. The minimum atomic E-state index is -0.399. The van der Waals surface area contributed by atoms with Gasteiger partial charge in [0.05, 0.1) is 7.11 Å². The van der Waals surface area contributed by atoms with Gasteiger partial charge < -0.3 is 9.47 Å². The smallest absolute Gasteiger partial charge is 0.363 e. The highest BCUT2D eigenvalue weighted by molar-refractivity contribution is 6.07. The molecule has 4 nitrogen and oxygen atoms in total. The Labute approximate surface area is 135 Å². The number of carbonyl (C=O) groups is 1. The standard InChI is InChI=1S/C19H17NO3/c1-22-16-10-7-15(8-11-16)13-17-19(21)23-18(20-17)12-9-14-5-3-2-4-6-14/h2-8,10-11,13H,9,12H2,1H3/b17-13+. The first-order valence-corrected chi connectivity index (χ1v) is 7.44. The van der Waals surface area contributed by atoms with Crippen LogP contribution >= 0.6 is 0 Å². The number of benzene rings is 2. The van der Waals surface area contributed by atoms with E-state index in [2.05, 4.69) is 4.99 Å². The summed E-state index contributed by atoms with van der Waals surface area (Å²) in [5.74, 6) is 0.843. The third kappa shape index (κ3) is 3.86. The molecule has 0 aliphatic carbocycles. The molecule has 0 N–H and O–H groups in total. The van der Waals surface area contributed by atoms with Crippen LogP contribution in [0.1, 0.15) is 17.5 Å². The Morgan fingerprint density at radius 3 is 2.48 bits per heavy atom. The second-order valence-corrected chi connectivity index (χ2v) is 5.18. The fourth-order valence-corrected chi connectivity index (χ4v) is 2.31. The number of hydrogen-bond donors (Lipinski definition) is 0. The van der Waals surface area contributed by atoms with Crippen LogP contribution in [-0.2, 0) is 16.0 Å². The van der Waals surface area contributed by atoms with Gasteiger partial charge in [-0.05, 0) is 35.8 Å². The van der Waals surface area contributed by atoms with Gasteiger partial charge in [0.25, 0.3) is 0 Å². The van der Waals surface area contributed by atoms with Crippen molar-refractivity contribution < 1.29 is 14.3 Å². The summed E-state index contributed by atoms with van der Waals surface area (Å²) in [4.78, 5) is 16.2. The van der Waals surface area contributed by atoms with Crippen LogP contribution in [0, 0.1) is 0 Å². The zero-order valence-corrected chi connectivity index (χ0v) is 12.9. The molecule has 1 heterocycles. The lowest BCUT2D eigenvalue weighted by atomic mass is 10.1. The number of nitrogens with zero attached hydrogens (tertiary/aromatic N) is 1. The van der Waals surface area contributed by atoms with Crippen molar-refractivity contribution >= 4 is 17.9 Å². The van der Waals surface area contributed by atoms with Gasteiger partial charge in [-0.1, -0.05) is 42.5 Å². The van der Waals surface area contributed by atoms with E-state index < -0.39 is 5.97 Å². The van der Waals surface area contributed by atoms with E-state index in [0.29, 0.717) is 18.0 Å². The van der Waals surface area contributed by atoms with Gasteiger partial charge in [0.2, 0.25) is 0 Å². The fraction of sp³-hybridized carbons (Fsp3) is 0.158. The molecule has 2 aromatic carbocycles. The highest BCUT2D eigenvalue weighted by Crippen LogP contribution is 2.19. The van der Waals surface area contributed by atoms with Gasteiger partial charge in [0.1, 0.15) is 5.75 Å². The number of rotatable bonds is 5. The van der Waals surface area contributed by atoms with Crippen molar-refractivity contribution in [2.45, 2.75) is 12.8 Å². The Balaban J connectivity index is 1.69. The van der Waals surface area contributed by atoms with Crippen LogP contribution in [0.25, 0.3) is 6.08 Å². The van der Waals surface area contributed by atoms with Crippen LogP contribution in [0.5, 0.6) is 5.75 Å². The Morgan fingerprint density at radius 2 is 1.78 bits per heavy atom. The SMILES string of the molecule is COc1ccc(/C=C2/N=C(CCc3ccccc3)OC2=O)cc1. The van der Waals surface area contributed by atoms with Gasteiger partial charge in [-0.2, -0.15) is 0 Å². The van der Waals surface area contributed by atoms with E-state index in [9.17, 15) is 4.79 Å². The van der Waals surface area contributed by atoms with Gasteiger partial charge in [-0.15, -0.1) is 0 Å². The maximum absolute atomic E-state index is 11.9. The molecule has 0 saturated heterocycles. The van der Waals surface area contributed by atoms with Crippen LogP contribution < -0.4 is 4.74 Å². The molecule has 0 atom stereocenters. The zero-order valence-electron chi connectivity index (χ0n) is 12.9. The Bertz CT molecular complexity index is 746. The lowest BCUT2D eigenvalue weighted by molar-refractivity contribution is -0.130. The summed E-state index contributed by atoms with van der Waals surface area (Å²) in [5.41, 5.74) is 2.41. The average Bonchev–Trinajstić information content (AvgIpc) is 2.94. The summed E-state index contributed by atoms with van der Waals surface area (Å²) in [6.45, 7) is 0. The molecule has 116 valence electrons. The Hall–Kier alpha value is -2.88. The quantitative estimate of drug-likeness (QED) is 0.626. The van der Waals surface area contributed by atoms with E-state index in [1.54, 1.807) is 13.2 Å². The first-order valence-electron chi connectivity index (χ1n) is 7.44. The first-order chi connectivity index (χ1) is 11.2. The van der Waals surface area contributed by atoms with Crippen molar-refractivity contribution in [3.63, 3.8) is 0 Å². The van der Waals surface area contributed by atoms with Crippen LogP contribution in [-0.4, -0.2) is 19.0 Å². The first kappa shape index (κ1) is 15.0. The molecule has 23 heavy (non-hydrogen) atoms. The molecule has 1 aliphatic heterocycles. The number of aliphatic imine (C=N–C) groups is 1. The predicted molar refractivity (Wildman–Crippen MR) is 89.3 cm³/mol. The molecular formula is C19H17NO3. The summed E-state index contributed by atoms with van der Waals surface area (Å²) in [7, 11) is 1.62. The number of ether oxygens (including phenoxy) is 2. The zero-order chi connectivity index (χ0) is 16.1. The predicted octanol–water partition coefficient (Wildman–Crippen LogP) is 3.62. The van der Waals surface area contributed by atoms with E-state index in [-0.39, 0.29) is 0 Å². The summed E-state index contributed by atoms with van der Waals surface area (Å²) >= 11 is 0. The summed E-state index contributed by atoms with van der Waals surface area (Å²) in [5, 5.41) is 0. The molecule has 2 aromatic rings. The van der Waals surface area contributed by atoms with E-state index in [4.69, 9.17) is 9.47 Å². The summed E-state index contributed by atoms with van der Waals surface area (Å²) in [6, 6.07) is 17.5. The second kappa shape index (κ2) is 6.92. The van der Waals surface area contributed by atoms with Gasteiger partial charge >= 0.3 is 5.97 Å². The molecule has 0 unspecified atom stereocenters. The topological polar surface area (TPSA) is 47.9 Å². The van der Waals surface area contributed by atoms with Crippen molar-refractivity contribution in [3.05, 3.63) is 71.4 Å². The van der Waals surface area contributed by atoms with Crippen LogP contribution in [0.3, 0.4) is 0 Å².